The Hall–Kier alpha value is -3.25. The van der Waals surface area contributed by atoms with Gasteiger partial charge in [0, 0.05) is 97.2 Å². The van der Waals surface area contributed by atoms with Gasteiger partial charge in [0.05, 0.1) is 55.1 Å². The number of aryl methyl sites for hydroxylation is 3. The molecule has 7 unspecified atom stereocenters. The molecule has 3 aromatic rings. The SMILES string of the molecule is CCC(=O)N(C)CCCSC1CC(O)CC(CO)O1.CCc1c(C)c2cc3[nH]c(cc4nc(c(C)c5nc(cc1[nH]2)C(C)=C5)CC4C)c(C)c3C(C)OCCCSC1CC(O)C[C@@H](CO)O1. The third-order valence-corrected chi connectivity index (χ3v) is 15.6. The average molecular weight is 950 g/mol. The molecule has 3 aromatic heterocycles. The van der Waals surface area contributed by atoms with Crippen molar-refractivity contribution in [1.29, 1.82) is 0 Å². The number of hydrogen-bond donors (Lipinski definition) is 6. The maximum Gasteiger partial charge on any atom is 0.222 e. The average Bonchev–Trinajstić information content (AvgIpc) is 4.03. The topological polar surface area (TPSA) is 186 Å². The first-order valence-electron chi connectivity index (χ1n) is 24.0. The van der Waals surface area contributed by atoms with Crippen LogP contribution in [-0.4, -0.2) is 131 Å². The first kappa shape index (κ1) is 52.1. The van der Waals surface area contributed by atoms with Crippen molar-refractivity contribution in [3.63, 3.8) is 0 Å². The van der Waals surface area contributed by atoms with Gasteiger partial charge in [-0.25, -0.2) is 4.98 Å². The second-order valence-electron chi connectivity index (χ2n) is 18.4. The number of allylic oxidation sites excluding steroid dienone is 1. The highest BCUT2D eigenvalue weighted by molar-refractivity contribution is 7.99. The predicted octanol–water partition coefficient (Wildman–Crippen LogP) is 8.60. The number of nitrogens with one attached hydrogen (secondary N) is 2. The number of ether oxygens (including phenoxy) is 3. The first-order chi connectivity index (χ1) is 31.6. The second-order valence-corrected chi connectivity index (χ2v) is 20.9. The van der Waals surface area contributed by atoms with Gasteiger partial charge in [-0.3, -0.25) is 9.78 Å². The van der Waals surface area contributed by atoms with Crippen LogP contribution in [0.25, 0.3) is 33.7 Å². The molecule has 2 saturated heterocycles. The summed E-state index contributed by atoms with van der Waals surface area (Å²) in [5.74, 6) is 2.22. The number of carbonyl (C=O) groups excluding carboxylic acids is 1. The standard InChI is InChI=1S/C38H50N4O4S.C13H25NO4S/c1-8-28-22(4)33-18-36-38(25(7)45-10-9-11-47-37-15-26(44)14-27(19-43)46-37)24(6)34(42-36)16-29-20(2)12-31(39-29)23(5)32-13-21(3)30(40-32)17-35(28)41-33;1-3-12(17)14(2)5-4-6-19-13-8-10(16)7-11(9-15)18-13/h13,16-18,20,25-27,37,41-44H,8-12,14-15,19H2,1-7H3;10-11,13,15-16H,3-9H2,1-2H3/t20?,25?,26?,27-,37?;/m0./s1. The summed E-state index contributed by atoms with van der Waals surface area (Å²) >= 11 is 3.34. The Labute approximate surface area is 399 Å². The maximum absolute atomic E-state index is 11.4. The van der Waals surface area contributed by atoms with Crippen molar-refractivity contribution in [1.82, 2.24) is 24.8 Å². The molecule has 364 valence electrons. The summed E-state index contributed by atoms with van der Waals surface area (Å²) in [6.07, 6.45) is 7.11. The highest BCUT2D eigenvalue weighted by atomic mass is 32.2. The Morgan fingerprint density at radius 3 is 2.09 bits per heavy atom. The normalized spacial score (nSPS) is 23.5. The number of fused-ring (bicyclic) bond motifs is 8. The van der Waals surface area contributed by atoms with Gasteiger partial charge in [0.15, 0.2) is 0 Å². The van der Waals surface area contributed by atoms with Crippen LogP contribution >= 0.6 is 23.5 Å². The number of aromatic nitrogens is 4. The van der Waals surface area contributed by atoms with Gasteiger partial charge in [0.2, 0.25) is 5.91 Å². The van der Waals surface area contributed by atoms with E-state index in [0.29, 0.717) is 44.6 Å². The number of amides is 1. The summed E-state index contributed by atoms with van der Waals surface area (Å²) < 4.78 is 18.1. The molecule has 0 aliphatic carbocycles. The van der Waals surface area contributed by atoms with Crippen molar-refractivity contribution >= 4 is 63.1 Å². The fourth-order valence-electron chi connectivity index (χ4n) is 9.27. The van der Waals surface area contributed by atoms with Gasteiger partial charge in [0.25, 0.3) is 0 Å². The lowest BCUT2D eigenvalue weighted by atomic mass is 10.0. The summed E-state index contributed by atoms with van der Waals surface area (Å²) in [4.78, 5) is 30.8. The second kappa shape index (κ2) is 24.3. The summed E-state index contributed by atoms with van der Waals surface area (Å²) in [7, 11) is 1.82. The zero-order valence-corrected chi connectivity index (χ0v) is 42.2. The molecule has 13 nitrogen and oxygen atoms in total. The molecule has 4 aliphatic rings. The molecule has 1 amide bonds. The van der Waals surface area contributed by atoms with Gasteiger partial charge in [-0.05, 0) is 124 Å². The van der Waals surface area contributed by atoms with Gasteiger partial charge < -0.3 is 49.5 Å². The van der Waals surface area contributed by atoms with Crippen molar-refractivity contribution < 1.29 is 39.4 Å². The fourth-order valence-corrected chi connectivity index (χ4v) is 11.6. The molecule has 15 heteroatoms. The molecule has 4 aliphatic heterocycles. The predicted molar refractivity (Wildman–Crippen MR) is 269 cm³/mol. The Kier molecular flexibility index (Phi) is 19.2. The third kappa shape index (κ3) is 13.3. The van der Waals surface area contributed by atoms with Gasteiger partial charge in [-0.1, -0.05) is 20.8 Å². The van der Waals surface area contributed by atoms with Crippen LogP contribution in [0.4, 0.5) is 0 Å². The number of carbonyl (C=O) groups is 1. The number of aliphatic hydroxyl groups is 4. The molecule has 6 N–H and O–H groups in total. The van der Waals surface area contributed by atoms with Crippen LogP contribution in [0.2, 0.25) is 0 Å². The smallest absolute Gasteiger partial charge is 0.222 e. The van der Waals surface area contributed by atoms with E-state index in [1.165, 1.54) is 22.3 Å². The van der Waals surface area contributed by atoms with Gasteiger partial charge in [-0.15, -0.1) is 23.5 Å². The van der Waals surface area contributed by atoms with Crippen molar-refractivity contribution in [3.8, 4) is 0 Å². The maximum atomic E-state index is 11.4. The van der Waals surface area contributed by atoms with E-state index in [4.69, 9.17) is 29.3 Å². The Balaban J connectivity index is 0.000000319. The molecule has 7 heterocycles. The molecular formula is C51H75N5O8S2. The Morgan fingerprint density at radius 1 is 0.848 bits per heavy atom. The Bertz CT molecular complexity index is 2310. The van der Waals surface area contributed by atoms with Gasteiger partial charge in [0.1, 0.15) is 10.9 Å². The summed E-state index contributed by atoms with van der Waals surface area (Å²) in [6.45, 7) is 18.4. The molecule has 0 spiro atoms. The minimum atomic E-state index is -0.418. The monoisotopic (exact) mass is 950 g/mol. The molecule has 8 bridgehead atoms. The highest BCUT2D eigenvalue weighted by Gasteiger charge is 2.29. The van der Waals surface area contributed by atoms with Crippen molar-refractivity contribution in [3.05, 3.63) is 68.8 Å². The first-order valence-corrected chi connectivity index (χ1v) is 26.1. The Morgan fingerprint density at radius 2 is 1.47 bits per heavy atom. The van der Waals surface area contributed by atoms with Crippen LogP contribution < -0.4 is 0 Å². The zero-order valence-electron chi connectivity index (χ0n) is 40.6. The van der Waals surface area contributed by atoms with Gasteiger partial charge in [-0.2, -0.15) is 0 Å². The fraction of sp³-hybridized carbons (Fsp3) is 0.627. The van der Waals surface area contributed by atoms with E-state index in [2.05, 4.69) is 82.7 Å². The van der Waals surface area contributed by atoms with Crippen LogP contribution in [0.1, 0.15) is 142 Å². The minimum absolute atomic E-state index is 0.0398. The number of rotatable bonds is 16. The van der Waals surface area contributed by atoms with E-state index in [1.807, 2.05) is 14.0 Å². The molecule has 7 rings (SSSR count). The molecule has 0 aromatic carbocycles. The van der Waals surface area contributed by atoms with Crippen molar-refractivity contribution in [2.75, 3.05) is 44.9 Å². The van der Waals surface area contributed by atoms with Crippen molar-refractivity contribution in [2.24, 2.45) is 0 Å². The number of nitrogens with zero attached hydrogens (tertiary/aromatic N) is 3. The van der Waals surface area contributed by atoms with Crippen LogP contribution in [-0.2, 0) is 31.8 Å². The van der Waals surface area contributed by atoms with Gasteiger partial charge >= 0.3 is 0 Å². The third-order valence-electron chi connectivity index (χ3n) is 13.2. The summed E-state index contributed by atoms with van der Waals surface area (Å²) in [6, 6.07) is 6.66. The van der Waals surface area contributed by atoms with E-state index < -0.39 is 6.10 Å². The molecule has 8 atom stereocenters. The minimum Gasteiger partial charge on any atom is -0.394 e. The van der Waals surface area contributed by atoms with E-state index in [0.717, 1.165) is 99.7 Å². The number of thioether (sulfide) groups is 2. The largest absolute Gasteiger partial charge is 0.394 e. The number of H-pyrrole nitrogens is 2. The van der Waals surface area contributed by atoms with E-state index in [1.54, 1.807) is 28.4 Å². The van der Waals surface area contributed by atoms with E-state index in [9.17, 15) is 20.1 Å². The van der Waals surface area contributed by atoms with Crippen LogP contribution in [0.5, 0.6) is 0 Å². The van der Waals surface area contributed by atoms with Crippen LogP contribution in [0.3, 0.4) is 0 Å². The molecule has 0 saturated carbocycles. The number of aliphatic hydroxyl groups excluding tert-OH is 4. The summed E-state index contributed by atoms with van der Waals surface area (Å²) in [5, 5.41) is 38.4. The molecular weight excluding hydrogens is 875 g/mol. The van der Waals surface area contributed by atoms with E-state index >= 15 is 0 Å². The molecule has 0 radical (unpaired) electrons. The lowest BCUT2D eigenvalue weighted by molar-refractivity contribution is -0.129. The number of hydrogen-bond acceptors (Lipinski definition) is 12. The highest BCUT2D eigenvalue weighted by Crippen LogP contribution is 2.35. The zero-order chi connectivity index (χ0) is 47.7. The summed E-state index contributed by atoms with van der Waals surface area (Å²) in [5.41, 5.74) is 15.5. The van der Waals surface area contributed by atoms with Crippen LogP contribution in [0, 0.1) is 20.8 Å². The molecule has 66 heavy (non-hydrogen) atoms. The van der Waals surface area contributed by atoms with Crippen LogP contribution in [0.15, 0.2) is 18.2 Å². The lowest BCUT2D eigenvalue weighted by Gasteiger charge is -2.32. The van der Waals surface area contributed by atoms with Crippen molar-refractivity contribution in [2.45, 2.75) is 160 Å². The number of aromatic amines is 2. The van der Waals surface area contributed by atoms with E-state index in [-0.39, 0.29) is 54.4 Å². The quantitative estimate of drug-likeness (QED) is 0.0753. The molecule has 2 fully saturated rings. The lowest BCUT2D eigenvalue weighted by Crippen LogP contribution is -2.36.